The second-order valence-electron chi connectivity index (χ2n) is 6.93. The largest absolute Gasteiger partial charge is 0.508 e. The average molecular weight is 557 g/mol. The highest BCUT2D eigenvalue weighted by atomic mass is 127. The van der Waals surface area contributed by atoms with Gasteiger partial charge in [0, 0.05) is 26.3 Å². The van der Waals surface area contributed by atoms with Crippen LogP contribution in [0.1, 0.15) is 42.3 Å². The standard InChI is InChI=1S/C22H24INO6S/c1-13(9-10-29-20(27)12-31)21(18-11-16(23)5-8-19(18)26)30-22(28)24-17-6-3-15(4-7-17)14(2)25/h3-8,11,13,21,26,31H,9-10,12H2,1-2H3,(H,24,28)/t13-,21-/m1/s1. The molecule has 0 saturated heterocycles. The summed E-state index contributed by atoms with van der Waals surface area (Å²) in [6.07, 6.45) is -1.07. The number of carbonyl (C=O) groups is 3. The van der Waals surface area contributed by atoms with E-state index < -0.39 is 18.2 Å². The highest BCUT2D eigenvalue weighted by Gasteiger charge is 2.27. The SMILES string of the molecule is CC(=O)c1ccc(NC(=O)O[C@@H](c2cc(I)ccc2O)[C@H](C)CCOC(=O)CS)cc1. The summed E-state index contributed by atoms with van der Waals surface area (Å²) in [5.41, 5.74) is 1.46. The minimum absolute atomic E-state index is 0.00299. The van der Waals surface area contributed by atoms with Gasteiger partial charge in [-0.2, -0.15) is 12.6 Å². The van der Waals surface area contributed by atoms with E-state index in [1.807, 2.05) is 6.92 Å². The lowest BCUT2D eigenvalue weighted by atomic mass is 9.94. The zero-order valence-electron chi connectivity index (χ0n) is 17.1. The number of aromatic hydroxyl groups is 1. The topological polar surface area (TPSA) is 102 Å². The van der Waals surface area contributed by atoms with Crippen molar-refractivity contribution in [3.63, 3.8) is 0 Å². The maximum atomic E-state index is 12.6. The Morgan fingerprint density at radius 2 is 1.84 bits per heavy atom. The first-order valence-electron chi connectivity index (χ1n) is 9.54. The van der Waals surface area contributed by atoms with E-state index in [0.717, 1.165) is 3.57 Å². The molecule has 0 aromatic heterocycles. The minimum Gasteiger partial charge on any atom is -0.508 e. The lowest BCUT2D eigenvalue weighted by molar-refractivity contribution is -0.141. The summed E-state index contributed by atoms with van der Waals surface area (Å²) < 4.78 is 11.6. The van der Waals surface area contributed by atoms with Crippen molar-refractivity contribution in [2.45, 2.75) is 26.4 Å². The molecule has 0 bridgehead atoms. The first-order valence-corrected chi connectivity index (χ1v) is 11.3. The molecule has 0 heterocycles. The molecule has 31 heavy (non-hydrogen) atoms. The van der Waals surface area contributed by atoms with E-state index in [2.05, 4.69) is 40.5 Å². The van der Waals surface area contributed by atoms with E-state index in [4.69, 9.17) is 9.47 Å². The summed E-state index contributed by atoms with van der Waals surface area (Å²) >= 11 is 5.98. The lowest BCUT2D eigenvalue weighted by Gasteiger charge is -2.25. The molecule has 0 aliphatic rings. The van der Waals surface area contributed by atoms with Crippen molar-refractivity contribution in [2.24, 2.45) is 5.92 Å². The summed E-state index contributed by atoms with van der Waals surface area (Å²) in [7, 11) is 0. The van der Waals surface area contributed by atoms with Gasteiger partial charge in [0.05, 0.1) is 12.4 Å². The number of nitrogens with one attached hydrogen (secondary N) is 1. The predicted octanol–water partition coefficient (Wildman–Crippen LogP) is 4.99. The predicted molar refractivity (Wildman–Crippen MR) is 129 cm³/mol. The van der Waals surface area contributed by atoms with Gasteiger partial charge in [-0.15, -0.1) is 0 Å². The molecule has 0 radical (unpaired) electrons. The molecule has 2 aromatic rings. The Bertz CT molecular complexity index is 934. The van der Waals surface area contributed by atoms with Gasteiger partial charge in [-0.05, 0) is 78.4 Å². The molecular formula is C22H24INO6S. The Labute approximate surface area is 200 Å². The van der Waals surface area contributed by atoms with Crippen molar-refractivity contribution < 1.29 is 29.0 Å². The molecule has 2 atom stereocenters. The van der Waals surface area contributed by atoms with Crippen LogP contribution in [0, 0.1) is 9.49 Å². The van der Waals surface area contributed by atoms with E-state index in [0.29, 0.717) is 23.2 Å². The van der Waals surface area contributed by atoms with Crippen LogP contribution in [-0.4, -0.2) is 35.3 Å². The highest BCUT2D eigenvalue weighted by molar-refractivity contribution is 14.1. The number of carbonyl (C=O) groups excluding carboxylic acids is 3. The number of amides is 1. The molecule has 7 nitrogen and oxygen atoms in total. The minimum atomic E-state index is -0.777. The van der Waals surface area contributed by atoms with Crippen LogP contribution in [0.25, 0.3) is 0 Å². The molecule has 0 spiro atoms. The zero-order chi connectivity index (χ0) is 23.0. The molecule has 0 saturated carbocycles. The van der Waals surface area contributed by atoms with Gasteiger partial charge < -0.3 is 14.6 Å². The van der Waals surface area contributed by atoms with Crippen molar-refractivity contribution in [1.29, 1.82) is 0 Å². The molecule has 0 fully saturated rings. The van der Waals surface area contributed by atoms with Crippen LogP contribution in [0.15, 0.2) is 42.5 Å². The molecule has 2 N–H and O–H groups in total. The number of anilines is 1. The maximum absolute atomic E-state index is 12.6. The second-order valence-corrected chi connectivity index (χ2v) is 8.49. The Kier molecular flexibility index (Phi) is 9.63. The van der Waals surface area contributed by atoms with Gasteiger partial charge in [0.15, 0.2) is 5.78 Å². The summed E-state index contributed by atoms with van der Waals surface area (Å²) in [5, 5.41) is 13.0. The van der Waals surface area contributed by atoms with Crippen LogP contribution < -0.4 is 5.32 Å². The number of hydrogen-bond donors (Lipinski definition) is 3. The summed E-state index contributed by atoms with van der Waals surface area (Å²) in [6.45, 7) is 3.44. The number of benzene rings is 2. The fraction of sp³-hybridized carbons (Fsp3) is 0.318. The van der Waals surface area contributed by atoms with Gasteiger partial charge in [0.25, 0.3) is 0 Å². The fourth-order valence-corrected chi connectivity index (χ4v) is 3.45. The quantitative estimate of drug-likeness (QED) is 0.174. The van der Waals surface area contributed by atoms with Gasteiger partial charge in [0.1, 0.15) is 11.9 Å². The summed E-state index contributed by atoms with van der Waals surface area (Å²) in [6, 6.07) is 11.5. The zero-order valence-corrected chi connectivity index (χ0v) is 20.2. The van der Waals surface area contributed by atoms with Crippen LogP contribution in [0.4, 0.5) is 10.5 Å². The molecule has 2 rings (SSSR count). The van der Waals surface area contributed by atoms with Gasteiger partial charge in [-0.25, -0.2) is 4.79 Å². The van der Waals surface area contributed by atoms with E-state index in [-0.39, 0.29) is 29.8 Å². The molecular weight excluding hydrogens is 533 g/mol. The Morgan fingerprint density at radius 3 is 2.45 bits per heavy atom. The normalized spacial score (nSPS) is 12.5. The van der Waals surface area contributed by atoms with E-state index in [1.165, 1.54) is 6.92 Å². The van der Waals surface area contributed by atoms with Gasteiger partial charge in [-0.3, -0.25) is 14.9 Å². The number of rotatable bonds is 9. The van der Waals surface area contributed by atoms with E-state index >= 15 is 0 Å². The van der Waals surface area contributed by atoms with Crippen LogP contribution in [-0.2, 0) is 14.3 Å². The third-order valence-electron chi connectivity index (χ3n) is 4.55. The maximum Gasteiger partial charge on any atom is 0.412 e. The molecule has 9 heteroatoms. The number of Topliss-reactive ketones (excluding diaryl/α,β-unsaturated/α-hetero) is 1. The Morgan fingerprint density at radius 1 is 1.16 bits per heavy atom. The molecule has 1 amide bonds. The number of thiol groups is 1. The van der Waals surface area contributed by atoms with Crippen molar-refractivity contribution in [3.8, 4) is 5.75 Å². The number of ether oxygens (including phenoxy) is 2. The smallest absolute Gasteiger partial charge is 0.412 e. The molecule has 0 aliphatic carbocycles. The van der Waals surface area contributed by atoms with Crippen molar-refractivity contribution in [2.75, 3.05) is 17.7 Å². The first kappa shape index (κ1) is 25.0. The summed E-state index contributed by atoms with van der Waals surface area (Å²) in [4.78, 5) is 35.3. The summed E-state index contributed by atoms with van der Waals surface area (Å²) in [5.74, 6) is -0.782. The number of ketones is 1. The number of halogens is 1. The van der Waals surface area contributed by atoms with Crippen LogP contribution in [0.2, 0.25) is 0 Å². The van der Waals surface area contributed by atoms with Crippen LogP contribution >= 0.6 is 35.2 Å². The molecule has 0 aliphatic heterocycles. The Balaban J connectivity index is 2.15. The Hall–Kier alpha value is -2.27. The molecule has 166 valence electrons. The van der Waals surface area contributed by atoms with Crippen molar-refractivity contribution in [1.82, 2.24) is 0 Å². The van der Waals surface area contributed by atoms with Gasteiger partial charge in [-0.1, -0.05) is 6.92 Å². The first-order chi connectivity index (χ1) is 14.7. The third kappa shape index (κ3) is 7.73. The number of esters is 1. The molecule has 0 unspecified atom stereocenters. The number of hydrogen-bond acceptors (Lipinski definition) is 7. The second kappa shape index (κ2) is 11.9. The monoisotopic (exact) mass is 557 g/mol. The highest BCUT2D eigenvalue weighted by Crippen LogP contribution is 2.35. The van der Waals surface area contributed by atoms with Gasteiger partial charge in [0.2, 0.25) is 0 Å². The number of phenolic OH excluding ortho intramolecular Hbond substituents is 1. The number of phenols is 1. The van der Waals surface area contributed by atoms with Gasteiger partial charge >= 0.3 is 12.1 Å². The fourth-order valence-electron chi connectivity index (χ4n) is 2.85. The average Bonchev–Trinajstić information content (AvgIpc) is 2.74. The van der Waals surface area contributed by atoms with Crippen molar-refractivity contribution in [3.05, 3.63) is 57.2 Å². The molecule has 2 aromatic carbocycles. The van der Waals surface area contributed by atoms with E-state index in [9.17, 15) is 19.5 Å². The van der Waals surface area contributed by atoms with Crippen molar-refractivity contribution >= 4 is 58.8 Å². The van der Waals surface area contributed by atoms with E-state index in [1.54, 1.807) is 42.5 Å². The lowest BCUT2D eigenvalue weighted by Crippen LogP contribution is -2.23. The van der Waals surface area contributed by atoms with Crippen LogP contribution in [0.3, 0.4) is 0 Å². The third-order valence-corrected chi connectivity index (χ3v) is 5.48. The van der Waals surface area contributed by atoms with Crippen LogP contribution in [0.5, 0.6) is 5.75 Å².